The maximum Gasteiger partial charge on any atom is 0.255 e. The van der Waals surface area contributed by atoms with Crippen LogP contribution in [0.25, 0.3) is 5.78 Å². The fraction of sp³-hybridized carbons (Fsp3) is 0.643. The van der Waals surface area contributed by atoms with Crippen LogP contribution in [0.3, 0.4) is 0 Å². The predicted octanol–water partition coefficient (Wildman–Crippen LogP) is 3.41. The highest BCUT2D eigenvalue weighted by molar-refractivity contribution is 6.29. The summed E-state index contributed by atoms with van der Waals surface area (Å²) in [5.41, 5.74) is 0. The number of anilines is 1. The first kappa shape index (κ1) is 13.6. The van der Waals surface area contributed by atoms with Crippen LogP contribution in [0.2, 0.25) is 5.15 Å². The number of fused-ring (bicyclic) bond motifs is 1. The molecule has 2 aromatic heterocycles. The van der Waals surface area contributed by atoms with Crippen LogP contribution >= 0.6 is 11.6 Å². The monoisotopic (exact) mass is 293 g/mol. The molecule has 1 fully saturated rings. The second-order valence-electron chi connectivity index (χ2n) is 5.79. The molecule has 20 heavy (non-hydrogen) atoms. The van der Waals surface area contributed by atoms with E-state index in [9.17, 15) is 0 Å². The lowest BCUT2D eigenvalue weighted by Gasteiger charge is -2.26. The number of nitrogens with one attached hydrogen (secondary N) is 1. The van der Waals surface area contributed by atoms with Gasteiger partial charge in [-0.3, -0.25) is 0 Å². The average Bonchev–Trinajstić information content (AvgIpc) is 2.87. The average molecular weight is 294 g/mol. The molecular weight excluding hydrogens is 274 g/mol. The maximum atomic E-state index is 6.00. The quantitative estimate of drug-likeness (QED) is 0.878. The number of nitrogens with zero attached hydrogens (tertiary/aromatic N) is 4. The zero-order valence-electron chi connectivity index (χ0n) is 11.7. The lowest BCUT2D eigenvalue weighted by atomic mass is 9.81. The summed E-state index contributed by atoms with van der Waals surface area (Å²) in [4.78, 5) is 8.18. The zero-order valence-corrected chi connectivity index (χ0v) is 12.5. The van der Waals surface area contributed by atoms with Crippen molar-refractivity contribution >= 4 is 23.2 Å². The molecule has 0 bridgehead atoms. The summed E-state index contributed by atoms with van der Waals surface area (Å²) < 4.78 is 1.69. The second-order valence-corrected chi connectivity index (χ2v) is 6.18. The molecule has 2 heterocycles. The number of hydrogen-bond acceptors (Lipinski definition) is 4. The summed E-state index contributed by atoms with van der Waals surface area (Å²) >= 11 is 6.00. The molecule has 1 aliphatic rings. The summed E-state index contributed by atoms with van der Waals surface area (Å²) in [5, 5.41) is 8.02. The van der Waals surface area contributed by atoms with E-state index in [-0.39, 0.29) is 0 Å². The minimum Gasteiger partial charge on any atom is -0.370 e. The fourth-order valence-corrected chi connectivity index (χ4v) is 3.31. The van der Waals surface area contributed by atoms with Crippen LogP contribution in [0.15, 0.2) is 12.4 Å². The van der Waals surface area contributed by atoms with Crippen LogP contribution in [-0.4, -0.2) is 26.1 Å². The van der Waals surface area contributed by atoms with Gasteiger partial charge in [0.15, 0.2) is 0 Å². The van der Waals surface area contributed by atoms with E-state index in [0.717, 1.165) is 24.2 Å². The van der Waals surface area contributed by atoms with Gasteiger partial charge in [0.25, 0.3) is 5.78 Å². The third-order valence-corrected chi connectivity index (χ3v) is 4.32. The molecule has 108 valence electrons. The molecule has 1 saturated carbocycles. The van der Waals surface area contributed by atoms with Crippen molar-refractivity contribution < 1.29 is 0 Å². The molecule has 5 nitrogen and oxygen atoms in total. The van der Waals surface area contributed by atoms with E-state index in [4.69, 9.17) is 11.6 Å². The Morgan fingerprint density at radius 2 is 2.35 bits per heavy atom. The highest BCUT2D eigenvalue weighted by Crippen LogP contribution is 2.30. The largest absolute Gasteiger partial charge is 0.370 e. The molecule has 0 saturated heterocycles. The van der Waals surface area contributed by atoms with Crippen molar-refractivity contribution in [2.75, 3.05) is 11.9 Å². The highest BCUT2D eigenvalue weighted by atomic mass is 35.5. The number of aromatic nitrogens is 4. The van der Waals surface area contributed by atoms with E-state index in [2.05, 4.69) is 27.3 Å². The molecule has 0 aliphatic heterocycles. The molecule has 1 aliphatic carbocycles. The molecule has 0 aromatic carbocycles. The van der Waals surface area contributed by atoms with Gasteiger partial charge in [-0.2, -0.15) is 19.6 Å². The summed E-state index contributed by atoms with van der Waals surface area (Å²) in [6.07, 6.45) is 8.18. The highest BCUT2D eigenvalue weighted by Gasteiger charge is 2.18. The summed E-state index contributed by atoms with van der Waals surface area (Å²) in [7, 11) is 0. The van der Waals surface area contributed by atoms with Crippen molar-refractivity contribution in [2.24, 2.45) is 11.8 Å². The first-order chi connectivity index (χ1) is 9.72. The van der Waals surface area contributed by atoms with Crippen molar-refractivity contribution in [1.29, 1.82) is 0 Å². The van der Waals surface area contributed by atoms with Crippen molar-refractivity contribution in [2.45, 2.75) is 39.0 Å². The first-order valence-electron chi connectivity index (χ1n) is 7.32. The van der Waals surface area contributed by atoms with Crippen LogP contribution in [0, 0.1) is 11.8 Å². The third kappa shape index (κ3) is 3.03. The van der Waals surface area contributed by atoms with Crippen LogP contribution in [0.5, 0.6) is 0 Å². The number of halogens is 1. The molecule has 0 spiro atoms. The van der Waals surface area contributed by atoms with E-state index in [1.807, 2.05) is 0 Å². The predicted molar refractivity (Wildman–Crippen MR) is 80.0 cm³/mol. The zero-order chi connectivity index (χ0) is 13.9. The third-order valence-electron chi connectivity index (χ3n) is 4.12. The molecule has 0 amide bonds. The smallest absolute Gasteiger partial charge is 0.255 e. The van der Waals surface area contributed by atoms with Crippen molar-refractivity contribution in [3.8, 4) is 0 Å². The van der Waals surface area contributed by atoms with Crippen LogP contribution in [-0.2, 0) is 0 Å². The lowest BCUT2D eigenvalue weighted by Crippen LogP contribution is -2.17. The molecule has 2 aromatic rings. The lowest BCUT2D eigenvalue weighted by molar-refractivity contribution is 0.274. The van der Waals surface area contributed by atoms with Crippen molar-refractivity contribution in [3.05, 3.63) is 17.5 Å². The summed E-state index contributed by atoms with van der Waals surface area (Å²) in [6, 6.07) is 1.80. The van der Waals surface area contributed by atoms with Crippen LogP contribution in [0.4, 0.5) is 5.82 Å². The minimum atomic E-state index is 0.444. The molecule has 2 unspecified atom stereocenters. The van der Waals surface area contributed by atoms with E-state index < -0.39 is 0 Å². The normalized spacial score (nSPS) is 23.1. The van der Waals surface area contributed by atoms with E-state index in [0.29, 0.717) is 10.9 Å². The first-order valence-corrected chi connectivity index (χ1v) is 7.70. The molecule has 3 rings (SSSR count). The van der Waals surface area contributed by atoms with Gasteiger partial charge in [0.2, 0.25) is 0 Å². The fourth-order valence-electron chi connectivity index (χ4n) is 3.14. The van der Waals surface area contributed by atoms with Gasteiger partial charge in [-0.25, -0.2) is 0 Å². The SMILES string of the molecule is CC1CCCC(CCNc2cc(Cl)nc3ncnn23)C1. The summed E-state index contributed by atoms with van der Waals surface area (Å²) in [6.45, 7) is 3.30. The van der Waals surface area contributed by atoms with Crippen LogP contribution < -0.4 is 5.32 Å². The van der Waals surface area contributed by atoms with Crippen LogP contribution in [0.1, 0.15) is 39.0 Å². The molecule has 1 N–H and O–H groups in total. The Labute approximate surface area is 123 Å². The summed E-state index contributed by atoms with van der Waals surface area (Å²) in [5.74, 6) is 3.12. The van der Waals surface area contributed by atoms with Gasteiger partial charge in [0.1, 0.15) is 17.3 Å². The van der Waals surface area contributed by atoms with Crippen molar-refractivity contribution in [1.82, 2.24) is 19.6 Å². The van der Waals surface area contributed by atoms with Gasteiger partial charge in [-0.1, -0.05) is 37.8 Å². The van der Waals surface area contributed by atoms with Gasteiger partial charge in [0.05, 0.1) is 0 Å². The Kier molecular flexibility index (Phi) is 4.05. The Balaban J connectivity index is 1.61. The Bertz CT molecular complexity index is 582. The maximum absolute atomic E-state index is 6.00. The van der Waals surface area contributed by atoms with E-state index >= 15 is 0 Å². The van der Waals surface area contributed by atoms with Gasteiger partial charge in [0, 0.05) is 12.6 Å². The van der Waals surface area contributed by atoms with Gasteiger partial charge in [-0.05, 0) is 24.7 Å². The van der Waals surface area contributed by atoms with E-state index in [1.54, 1.807) is 10.6 Å². The minimum absolute atomic E-state index is 0.444. The molecule has 2 atom stereocenters. The number of hydrogen-bond donors (Lipinski definition) is 1. The van der Waals surface area contributed by atoms with Gasteiger partial charge in [-0.15, -0.1) is 0 Å². The second kappa shape index (κ2) is 5.95. The standard InChI is InChI=1S/C14H20ClN5/c1-10-3-2-4-11(7-10)5-6-16-13-8-12(15)19-14-17-9-18-20(13)14/h8-11,16H,2-7H2,1H3. The Morgan fingerprint density at radius 1 is 1.45 bits per heavy atom. The molecule has 0 radical (unpaired) electrons. The van der Waals surface area contributed by atoms with Gasteiger partial charge >= 0.3 is 0 Å². The number of rotatable bonds is 4. The topological polar surface area (TPSA) is 55.1 Å². The Morgan fingerprint density at radius 3 is 3.20 bits per heavy atom. The van der Waals surface area contributed by atoms with Gasteiger partial charge < -0.3 is 5.32 Å². The Hall–Kier alpha value is -1.36. The molecule has 6 heteroatoms. The molecular formula is C14H20ClN5. The van der Waals surface area contributed by atoms with Crippen molar-refractivity contribution in [3.63, 3.8) is 0 Å². The van der Waals surface area contributed by atoms with E-state index in [1.165, 1.54) is 38.4 Å².